The highest BCUT2D eigenvalue weighted by atomic mass is 127. The van der Waals surface area contributed by atoms with E-state index in [0.29, 0.717) is 6.07 Å². The SMILES string of the molecule is FC(F)c1cc(C(F)(F)F)nc(I)c1CBr. The summed E-state index contributed by atoms with van der Waals surface area (Å²) in [6.07, 6.45) is -7.67. The number of halogens is 7. The van der Waals surface area contributed by atoms with Crippen molar-refractivity contribution in [2.45, 2.75) is 17.9 Å². The third-order valence-corrected chi connectivity index (χ3v) is 3.22. The lowest BCUT2D eigenvalue weighted by atomic mass is 10.1. The summed E-state index contributed by atoms with van der Waals surface area (Å²) >= 11 is 4.45. The van der Waals surface area contributed by atoms with E-state index in [4.69, 9.17) is 0 Å². The predicted molar refractivity (Wildman–Crippen MR) is 59.5 cm³/mol. The van der Waals surface area contributed by atoms with Crippen LogP contribution in [0.1, 0.15) is 23.2 Å². The maximum atomic E-state index is 12.5. The van der Waals surface area contributed by atoms with Crippen LogP contribution in [0.5, 0.6) is 0 Å². The lowest BCUT2D eigenvalue weighted by molar-refractivity contribution is -0.141. The fraction of sp³-hybridized carbons (Fsp3) is 0.375. The molecule has 0 aliphatic carbocycles. The number of pyridine rings is 1. The molecule has 0 saturated heterocycles. The molecule has 90 valence electrons. The van der Waals surface area contributed by atoms with Gasteiger partial charge in [-0.3, -0.25) is 0 Å². The number of aromatic nitrogens is 1. The van der Waals surface area contributed by atoms with Crippen LogP contribution in [0.4, 0.5) is 22.0 Å². The van der Waals surface area contributed by atoms with Gasteiger partial charge in [-0.2, -0.15) is 13.2 Å². The zero-order valence-corrected chi connectivity index (χ0v) is 11.2. The second-order valence-electron chi connectivity index (χ2n) is 2.80. The molecule has 0 aromatic carbocycles. The molecule has 1 aromatic rings. The highest BCUT2D eigenvalue weighted by Crippen LogP contribution is 2.34. The predicted octanol–water partition coefficient (Wildman–Crippen LogP) is 4.54. The second-order valence-corrected chi connectivity index (χ2v) is 4.38. The minimum Gasteiger partial charge on any atom is -0.237 e. The summed E-state index contributed by atoms with van der Waals surface area (Å²) in [5.41, 5.74) is -1.84. The van der Waals surface area contributed by atoms with E-state index in [1.54, 1.807) is 0 Å². The molecule has 1 aromatic heterocycles. The zero-order valence-electron chi connectivity index (χ0n) is 7.45. The van der Waals surface area contributed by atoms with Gasteiger partial charge in [0.2, 0.25) is 0 Å². The van der Waals surface area contributed by atoms with Crippen molar-refractivity contribution in [1.29, 1.82) is 0 Å². The Balaban J connectivity index is 3.40. The summed E-state index contributed by atoms with van der Waals surface area (Å²) in [6, 6.07) is 0.392. The average molecular weight is 416 g/mol. The van der Waals surface area contributed by atoms with E-state index < -0.39 is 23.9 Å². The molecule has 0 aliphatic heterocycles. The Bertz CT molecular complexity index is 393. The minimum atomic E-state index is -4.71. The summed E-state index contributed by atoms with van der Waals surface area (Å²) in [4.78, 5) is 3.26. The van der Waals surface area contributed by atoms with Crippen molar-refractivity contribution in [3.8, 4) is 0 Å². The Morgan fingerprint density at radius 3 is 2.31 bits per heavy atom. The average Bonchev–Trinajstić information content (AvgIpc) is 2.14. The Hall–Kier alpha value is 0.01000. The molecule has 0 atom stereocenters. The van der Waals surface area contributed by atoms with E-state index in [1.807, 2.05) is 0 Å². The lowest BCUT2D eigenvalue weighted by Crippen LogP contribution is -2.12. The third kappa shape index (κ3) is 3.02. The smallest absolute Gasteiger partial charge is 0.237 e. The van der Waals surface area contributed by atoms with E-state index in [1.165, 1.54) is 22.6 Å². The fourth-order valence-corrected chi connectivity index (χ4v) is 2.91. The van der Waals surface area contributed by atoms with Gasteiger partial charge in [-0.1, -0.05) is 15.9 Å². The first-order chi connectivity index (χ1) is 7.27. The van der Waals surface area contributed by atoms with Crippen molar-refractivity contribution < 1.29 is 22.0 Å². The number of rotatable bonds is 2. The topological polar surface area (TPSA) is 12.9 Å². The van der Waals surface area contributed by atoms with Crippen LogP contribution in [-0.2, 0) is 11.5 Å². The molecule has 0 N–H and O–H groups in total. The maximum absolute atomic E-state index is 12.5. The van der Waals surface area contributed by atoms with Gasteiger partial charge in [0.1, 0.15) is 9.39 Å². The molecule has 1 rings (SSSR count). The van der Waals surface area contributed by atoms with Crippen LogP contribution in [0, 0.1) is 3.70 Å². The van der Waals surface area contributed by atoms with Crippen molar-refractivity contribution in [3.63, 3.8) is 0 Å². The molecule has 0 unspecified atom stereocenters. The standard InChI is InChI=1S/C8H4BrF5IN/c9-2-4-3(6(10)11)1-5(8(12,13)14)16-7(4)15/h1,6H,2H2. The molecule has 0 radical (unpaired) electrons. The van der Waals surface area contributed by atoms with Gasteiger partial charge < -0.3 is 0 Å². The molecule has 1 nitrogen and oxygen atoms in total. The number of nitrogens with zero attached hydrogens (tertiary/aromatic N) is 1. The zero-order chi connectivity index (χ0) is 12.5. The van der Waals surface area contributed by atoms with E-state index in [2.05, 4.69) is 20.9 Å². The molecule has 0 aliphatic rings. The summed E-state index contributed by atoms with van der Waals surface area (Å²) in [5, 5.41) is 0.0378. The molecule has 0 bridgehead atoms. The summed E-state index contributed by atoms with van der Waals surface area (Å²) in [6.45, 7) is 0. The molecular formula is C8H4BrF5IN. The van der Waals surface area contributed by atoms with Crippen molar-refractivity contribution in [2.75, 3.05) is 0 Å². The highest BCUT2D eigenvalue weighted by Gasteiger charge is 2.34. The van der Waals surface area contributed by atoms with Gasteiger partial charge in [-0.05, 0) is 28.7 Å². The summed E-state index contributed by atoms with van der Waals surface area (Å²) in [5.74, 6) is 0. The molecule has 0 fully saturated rings. The molecule has 0 spiro atoms. The summed E-state index contributed by atoms with van der Waals surface area (Å²) in [7, 11) is 0. The molecule has 8 heteroatoms. The Kier molecular flexibility index (Phi) is 4.49. The molecule has 1 heterocycles. The van der Waals surface area contributed by atoms with Crippen molar-refractivity contribution in [3.05, 3.63) is 26.6 Å². The number of hydrogen-bond donors (Lipinski definition) is 0. The van der Waals surface area contributed by atoms with Crippen molar-refractivity contribution in [2.24, 2.45) is 0 Å². The van der Waals surface area contributed by atoms with Gasteiger partial charge in [-0.25, -0.2) is 13.8 Å². The Labute approximate surface area is 110 Å². The number of hydrogen-bond acceptors (Lipinski definition) is 1. The van der Waals surface area contributed by atoms with Gasteiger partial charge in [0.05, 0.1) is 0 Å². The van der Waals surface area contributed by atoms with Crippen LogP contribution in [-0.4, -0.2) is 4.98 Å². The van der Waals surface area contributed by atoms with Crippen LogP contribution in [0.25, 0.3) is 0 Å². The van der Waals surface area contributed by atoms with Gasteiger partial charge >= 0.3 is 6.18 Å². The van der Waals surface area contributed by atoms with Gasteiger partial charge in [0.25, 0.3) is 6.43 Å². The third-order valence-electron chi connectivity index (χ3n) is 1.77. The van der Waals surface area contributed by atoms with Gasteiger partial charge in [0.15, 0.2) is 0 Å². The first kappa shape index (κ1) is 14.1. The van der Waals surface area contributed by atoms with Crippen LogP contribution < -0.4 is 0 Å². The summed E-state index contributed by atoms with van der Waals surface area (Å²) < 4.78 is 62.0. The van der Waals surface area contributed by atoms with E-state index >= 15 is 0 Å². The first-order valence-electron chi connectivity index (χ1n) is 3.88. The van der Waals surface area contributed by atoms with Crippen molar-refractivity contribution >= 4 is 38.5 Å². The monoisotopic (exact) mass is 415 g/mol. The van der Waals surface area contributed by atoms with Crippen molar-refractivity contribution in [1.82, 2.24) is 4.98 Å². The Morgan fingerprint density at radius 1 is 1.38 bits per heavy atom. The first-order valence-corrected chi connectivity index (χ1v) is 6.08. The van der Waals surface area contributed by atoms with E-state index in [-0.39, 0.29) is 14.6 Å². The minimum absolute atomic E-state index is 0.0378. The molecule has 0 amide bonds. The lowest BCUT2D eigenvalue weighted by Gasteiger charge is -2.12. The van der Waals surface area contributed by atoms with Crippen LogP contribution >= 0.6 is 38.5 Å². The second kappa shape index (κ2) is 5.11. The van der Waals surface area contributed by atoms with Gasteiger partial charge in [0, 0.05) is 16.5 Å². The van der Waals surface area contributed by atoms with E-state index in [0.717, 1.165) is 0 Å². The largest absolute Gasteiger partial charge is 0.433 e. The molecular weight excluding hydrogens is 412 g/mol. The maximum Gasteiger partial charge on any atom is 0.433 e. The number of alkyl halides is 6. The van der Waals surface area contributed by atoms with E-state index in [9.17, 15) is 22.0 Å². The Morgan fingerprint density at radius 2 is 1.94 bits per heavy atom. The fourth-order valence-electron chi connectivity index (χ4n) is 1.03. The van der Waals surface area contributed by atoms with Crippen LogP contribution in [0.2, 0.25) is 0 Å². The normalized spacial score (nSPS) is 12.2. The van der Waals surface area contributed by atoms with Crippen LogP contribution in [0.3, 0.4) is 0 Å². The van der Waals surface area contributed by atoms with Gasteiger partial charge in [-0.15, -0.1) is 0 Å². The highest BCUT2D eigenvalue weighted by molar-refractivity contribution is 14.1. The molecule has 0 saturated carbocycles. The molecule has 16 heavy (non-hydrogen) atoms. The van der Waals surface area contributed by atoms with Crippen LogP contribution in [0.15, 0.2) is 6.07 Å². The quantitative estimate of drug-likeness (QED) is 0.299.